The fraction of sp³-hybridized carbons (Fsp3) is 0.235. The standard InChI is InChI=1S/C17H19NO2/c1-3-14-10-16(11-15(14)4-2)18-17(19)20-12-13-8-6-5-7-9-13/h3-9,16H,1-2,10-12H2,(H,18,19). The Bertz CT molecular complexity index is 511. The van der Waals surface area contributed by atoms with Gasteiger partial charge in [-0.05, 0) is 29.6 Å². The molecule has 1 aromatic carbocycles. The average molecular weight is 269 g/mol. The number of ether oxygens (including phenoxy) is 1. The van der Waals surface area contributed by atoms with Gasteiger partial charge in [0.05, 0.1) is 0 Å². The summed E-state index contributed by atoms with van der Waals surface area (Å²) in [6.07, 6.45) is 4.84. The molecule has 0 aliphatic heterocycles. The zero-order valence-corrected chi connectivity index (χ0v) is 11.5. The molecule has 0 radical (unpaired) electrons. The molecule has 1 aliphatic carbocycles. The van der Waals surface area contributed by atoms with E-state index in [0.717, 1.165) is 29.6 Å². The molecule has 20 heavy (non-hydrogen) atoms. The third-order valence-corrected chi connectivity index (χ3v) is 3.37. The van der Waals surface area contributed by atoms with E-state index in [0.29, 0.717) is 0 Å². The van der Waals surface area contributed by atoms with Crippen LogP contribution in [0.1, 0.15) is 18.4 Å². The maximum atomic E-state index is 11.8. The molecule has 2 rings (SSSR count). The summed E-state index contributed by atoms with van der Waals surface area (Å²) < 4.78 is 5.21. The second kappa shape index (κ2) is 6.75. The van der Waals surface area contributed by atoms with Crippen LogP contribution in [-0.2, 0) is 11.3 Å². The van der Waals surface area contributed by atoms with Crippen molar-refractivity contribution in [3.8, 4) is 0 Å². The van der Waals surface area contributed by atoms with Crippen molar-refractivity contribution >= 4 is 6.09 Å². The van der Waals surface area contributed by atoms with Crippen LogP contribution in [0.5, 0.6) is 0 Å². The first-order chi connectivity index (χ1) is 9.72. The van der Waals surface area contributed by atoms with Gasteiger partial charge in [0.25, 0.3) is 0 Å². The average Bonchev–Trinajstić information content (AvgIpc) is 2.88. The number of hydrogen-bond donors (Lipinski definition) is 1. The maximum absolute atomic E-state index is 11.8. The molecule has 0 atom stereocenters. The molecule has 1 aliphatic rings. The summed E-state index contributed by atoms with van der Waals surface area (Å²) in [6, 6.07) is 9.70. The Balaban J connectivity index is 1.79. The van der Waals surface area contributed by atoms with Gasteiger partial charge in [0.1, 0.15) is 6.61 Å². The molecule has 1 N–H and O–H groups in total. The molecule has 104 valence electrons. The molecule has 0 spiro atoms. The molecule has 0 saturated heterocycles. The van der Waals surface area contributed by atoms with E-state index in [9.17, 15) is 4.79 Å². The van der Waals surface area contributed by atoms with Gasteiger partial charge in [-0.3, -0.25) is 0 Å². The number of alkyl carbamates (subject to hydrolysis) is 1. The third kappa shape index (κ3) is 3.60. The lowest BCUT2D eigenvalue weighted by Gasteiger charge is -2.13. The number of hydrogen-bond acceptors (Lipinski definition) is 2. The first-order valence-corrected chi connectivity index (χ1v) is 6.67. The molecular weight excluding hydrogens is 250 g/mol. The fourth-order valence-electron chi connectivity index (χ4n) is 2.33. The highest BCUT2D eigenvalue weighted by molar-refractivity contribution is 5.68. The maximum Gasteiger partial charge on any atom is 0.407 e. The molecule has 3 heteroatoms. The third-order valence-electron chi connectivity index (χ3n) is 3.37. The van der Waals surface area contributed by atoms with Crippen molar-refractivity contribution in [2.45, 2.75) is 25.5 Å². The van der Waals surface area contributed by atoms with Crippen LogP contribution in [0.15, 0.2) is 66.8 Å². The van der Waals surface area contributed by atoms with Gasteiger partial charge in [-0.15, -0.1) is 0 Å². The van der Waals surface area contributed by atoms with Gasteiger partial charge in [0.15, 0.2) is 0 Å². The van der Waals surface area contributed by atoms with Crippen molar-refractivity contribution in [1.82, 2.24) is 5.32 Å². The van der Waals surface area contributed by atoms with Gasteiger partial charge in [-0.1, -0.05) is 55.6 Å². The molecule has 0 saturated carbocycles. The van der Waals surface area contributed by atoms with E-state index in [1.807, 2.05) is 42.5 Å². The van der Waals surface area contributed by atoms with Crippen molar-refractivity contribution < 1.29 is 9.53 Å². The van der Waals surface area contributed by atoms with E-state index in [2.05, 4.69) is 18.5 Å². The highest BCUT2D eigenvalue weighted by atomic mass is 16.5. The Kier molecular flexibility index (Phi) is 4.77. The van der Waals surface area contributed by atoms with Crippen LogP contribution in [0.2, 0.25) is 0 Å². The lowest BCUT2D eigenvalue weighted by Crippen LogP contribution is -2.33. The number of nitrogens with one attached hydrogen (secondary N) is 1. The van der Waals surface area contributed by atoms with E-state index in [-0.39, 0.29) is 18.7 Å². The zero-order valence-electron chi connectivity index (χ0n) is 11.5. The van der Waals surface area contributed by atoms with Gasteiger partial charge in [0.2, 0.25) is 0 Å². The van der Waals surface area contributed by atoms with E-state index in [1.165, 1.54) is 0 Å². The Labute approximate surface area is 119 Å². The van der Waals surface area contributed by atoms with Crippen LogP contribution in [-0.4, -0.2) is 12.1 Å². The predicted molar refractivity (Wildman–Crippen MR) is 80.2 cm³/mol. The minimum Gasteiger partial charge on any atom is -0.445 e. The van der Waals surface area contributed by atoms with Crippen LogP contribution < -0.4 is 5.32 Å². The van der Waals surface area contributed by atoms with Crippen molar-refractivity contribution in [2.24, 2.45) is 0 Å². The molecule has 3 nitrogen and oxygen atoms in total. The van der Waals surface area contributed by atoms with Crippen LogP contribution in [0, 0.1) is 0 Å². The Morgan fingerprint density at radius 2 is 1.80 bits per heavy atom. The van der Waals surface area contributed by atoms with E-state index in [4.69, 9.17) is 4.74 Å². The van der Waals surface area contributed by atoms with Crippen LogP contribution in [0.4, 0.5) is 4.79 Å². The van der Waals surface area contributed by atoms with Crippen LogP contribution >= 0.6 is 0 Å². The Hall–Kier alpha value is -2.29. The van der Waals surface area contributed by atoms with Crippen LogP contribution in [0.3, 0.4) is 0 Å². The van der Waals surface area contributed by atoms with Gasteiger partial charge in [-0.2, -0.15) is 0 Å². The largest absolute Gasteiger partial charge is 0.445 e. The topological polar surface area (TPSA) is 38.3 Å². The van der Waals surface area contributed by atoms with Gasteiger partial charge in [0, 0.05) is 6.04 Å². The SMILES string of the molecule is C=CC1=C(C=C)CC(NC(=O)OCc2ccccc2)C1. The minimum atomic E-state index is -0.382. The molecule has 0 fully saturated rings. The normalized spacial score (nSPS) is 15.0. The number of carbonyl (C=O) groups excluding carboxylic acids is 1. The number of amides is 1. The van der Waals surface area contributed by atoms with Crippen molar-refractivity contribution in [2.75, 3.05) is 0 Å². The summed E-state index contributed by atoms with van der Waals surface area (Å²) in [5, 5.41) is 2.88. The van der Waals surface area contributed by atoms with Gasteiger partial charge in [-0.25, -0.2) is 4.79 Å². The molecule has 0 heterocycles. The Morgan fingerprint density at radius 3 is 2.35 bits per heavy atom. The fourth-order valence-corrected chi connectivity index (χ4v) is 2.33. The first-order valence-electron chi connectivity index (χ1n) is 6.67. The smallest absolute Gasteiger partial charge is 0.407 e. The number of allylic oxidation sites excluding steroid dienone is 2. The summed E-state index contributed by atoms with van der Waals surface area (Å²) in [4.78, 5) is 11.8. The molecule has 0 bridgehead atoms. The molecular formula is C17H19NO2. The van der Waals surface area contributed by atoms with Crippen molar-refractivity contribution in [3.63, 3.8) is 0 Å². The van der Waals surface area contributed by atoms with Gasteiger partial charge < -0.3 is 10.1 Å². The molecule has 0 aromatic heterocycles. The second-order valence-corrected chi connectivity index (χ2v) is 4.77. The molecule has 0 unspecified atom stereocenters. The van der Waals surface area contributed by atoms with E-state index in [1.54, 1.807) is 0 Å². The second-order valence-electron chi connectivity index (χ2n) is 4.77. The summed E-state index contributed by atoms with van der Waals surface area (Å²) in [5.74, 6) is 0. The zero-order chi connectivity index (χ0) is 14.4. The Morgan fingerprint density at radius 1 is 1.20 bits per heavy atom. The lowest BCUT2D eigenvalue weighted by molar-refractivity contribution is 0.136. The van der Waals surface area contributed by atoms with Crippen LogP contribution in [0.25, 0.3) is 0 Å². The monoisotopic (exact) mass is 269 g/mol. The summed E-state index contributed by atoms with van der Waals surface area (Å²) in [5.41, 5.74) is 3.27. The summed E-state index contributed by atoms with van der Waals surface area (Å²) in [7, 11) is 0. The van der Waals surface area contributed by atoms with E-state index >= 15 is 0 Å². The van der Waals surface area contributed by atoms with Crippen molar-refractivity contribution in [3.05, 3.63) is 72.4 Å². The number of benzene rings is 1. The highest BCUT2D eigenvalue weighted by Crippen LogP contribution is 2.27. The lowest BCUT2D eigenvalue weighted by atomic mass is 10.1. The summed E-state index contributed by atoms with van der Waals surface area (Å²) >= 11 is 0. The minimum absolute atomic E-state index is 0.0688. The predicted octanol–water partition coefficient (Wildman–Crippen LogP) is 3.74. The van der Waals surface area contributed by atoms with E-state index < -0.39 is 0 Å². The van der Waals surface area contributed by atoms with Crippen molar-refractivity contribution in [1.29, 1.82) is 0 Å². The highest BCUT2D eigenvalue weighted by Gasteiger charge is 2.22. The van der Waals surface area contributed by atoms with Gasteiger partial charge >= 0.3 is 6.09 Å². The first kappa shape index (κ1) is 14.1. The summed E-state index contributed by atoms with van der Waals surface area (Å²) in [6.45, 7) is 7.85. The molecule has 1 amide bonds. The quantitative estimate of drug-likeness (QED) is 0.884. The molecule has 1 aromatic rings. The number of carbonyl (C=O) groups is 1. The number of rotatable bonds is 5.